The maximum absolute atomic E-state index is 4.76. The van der Waals surface area contributed by atoms with Crippen molar-refractivity contribution in [2.75, 3.05) is 6.54 Å². The lowest BCUT2D eigenvalue weighted by Crippen LogP contribution is -2.30. The number of thiophene rings is 1. The van der Waals surface area contributed by atoms with E-state index in [2.05, 4.69) is 60.1 Å². The zero-order valence-electron chi connectivity index (χ0n) is 15.5. The summed E-state index contributed by atoms with van der Waals surface area (Å²) >= 11 is 1.91. The summed E-state index contributed by atoms with van der Waals surface area (Å²) in [7, 11) is 0. The van der Waals surface area contributed by atoms with Crippen molar-refractivity contribution < 1.29 is 0 Å². The van der Waals surface area contributed by atoms with Gasteiger partial charge in [-0.05, 0) is 31.0 Å². The van der Waals surface area contributed by atoms with E-state index in [9.17, 15) is 0 Å². The standard InChI is InChI=1S/C22H25N3S/c1-3-5-22-23-13-18-14-25(11-10-20(18)24-22)15-19-8-9-21(26-19)17-7-4-6-16(2)12-17/h4,6-9,12-13H,3,5,10-11,14-15H2,1-2H3. The molecule has 0 spiro atoms. The lowest BCUT2D eigenvalue weighted by atomic mass is 10.1. The van der Waals surface area contributed by atoms with Gasteiger partial charge in [-0.2, -0.15) is 0 Å². The van der Waals surface area contributed by atoms with Crippen molar-refractivity contribution in [1.82, 2.24) is 14.9 Å². The van der Waals surface area contributed by atoms with Crippen LogP contribution in [0.5, 0.6) is 0 Å². The summed E-state index contributed by atoms with van der Waals surface area (Å²) in [6.07, 6.45) is 5.16. The van der Waals surface area contributed by atoms with E-state index in [0.29, 0.717) is 0 Å². The molecule has 0 bridgehead atoms. The fourth-order valence-electron chi connectivity index (χ4n) is 3.53. The fourth-order valence-corrected chi connectivity index (χ4v) is 4.58. The minimum Gasteiger partial charge on any atom is -0.293 e. The van der Waals surface area contributed by atoms with Crippen LogP contribution in [0.25, 0.3) is 10.4 Å². The van der Waals surface area contributed by atoms with E-state index in [4.69, 9.17) is 4.98 Å². The highest BCUT2D eigenvalue weighted by atomic mass is 32.1. The van der Waals surface area contributed by atoms with E-state index >= 15 is 0 Å². The lowest BCUT2D eigenvalue weighted by molar-refractivity contribution is 0.244. The first-order valence-electron chi connectivity index (χ1n) is 9.43. The Balaban J connectivity index is 1.44. The maximum Gasteiger partial charge on any atom is 0.128 e. The van der Waals surface area contributed by atoms with E-state index < -0.39 is 0 Å². The molecule has 1 aliphatic rings. The molecular formula is C22H25N3S. The number of aryl methyl sites for hydroxylation is 2. The Bertz CT molecular complexity index is 900. The van der Waals surface area contributed by atoms with Crippen LogP contribution in [0.4, 0.5) is 0 Å². The predicted molar refractivity (Wildman–Crippen MR) is 108 cm³/mol. The van der Waals surface area contributed by atoms with E-state index in [-0.39, 0.29) is 0 Å². The van der Waals surface area contributed by atoms with E-state index in [1.165, 1.54) is 32.1 Å². The number of hydrogen-bond acceptors (Lipinski definition) is 4. The van der Waals surface area contributed by atoms with Crippen LogP contribution in [0, 0.1) is 6.92 Å². The molecule has 0 aliphatic carbocycles. The zero-order chi connectivity index (χ0) is 17.9. The average Bonchev–Trinajstić information content (AvgIpc) is 3.11. The van der Waals surface area contributed by atoms with Gasteiger partial charge in [0.05, 0.1) is 0 Å². The van der Waals surface area contributed by atoms with Crippen LogP contribution in [0.1, 0.15) is 40.9 Å². The second-order valence-electron chi connectivity index (χ2n) is 7.10. The van der Waals surface area contributed by atoms with Crippen LogP contribution in [0.2, 0.25) is 0 Å². The Kier molecular flexibility index (Phi) is 5.14. The Morgan fingerprint density at radius 3 is 2.96 bits per heavy atom. The Labute approximate surface area is 159 Å². The highest BCUT2D eigenvalue weighted by Gasteiger charge is 2.19. The monoisotopic (exact) mass is 363 g/mol. The SMILES string of the molecule is CCCc1ncc2c(n1)CCN(Cc1ccc(-c3cccc(C)c3)s1)C2. The van der Waals surface area contributed by atoms with Gasteiger partial charge in [-0.25, -0.2) is 9.97 Å². The molecule has 26 heavy (non-hydrogen) atoms. The fraction of sp³-hybridized carbons (Fsp3) is 0.364. The van der Waals surface area contributed by atoms with Gasteiger partial charge in [0.15, 0.2) is 0 Å². The molecule has 0 N–H and O–H groups in total. The number of aromatic nitrogens is 2. The molecule has 0 fully saturated rings. The third kappa shape index (κ3) is 3.87. The van der Waals surface area contributed by atoms with Crippen molar-refractivity contribution in [3.63, 3.8) is 0 Å². The summed E-state index contributed by atoms with van der Waals surface area (Å²) in [5.74, 6) is 1.00. The van der Waals surface area contributed by atoms with E-state index in [1.54, 1.807) is 0 Å². The number of nitrogens with zero attached hydrogens (tertiary/aromatic N) is 3. The molecule has 0 radical (unpaired) electrons. The van der Waals surface area contributed by atoms with E-state index in [0.717, 1.165) is 44.7 Å². The molecule has 1 aromatic carbocycles. The number of rotatable bonds is 5. The molecule has 0 unspecified atom stereocenters. The van der Waals surface area contributed by atoms with Crippen molar-refractivity contribution >= 4 is 11.3 Å². The second-order valence-corrected chi connectivity index (χ2v) is 8.27. The van der Waals surface area contributed by atoms with Crippen LogP contribution in [-0.2, 0) is 25.9 Å². The van der Waals surface area contributed by atoms with Gasteiger partial charge in [-0.3, -0.25) is 4.90 Å². The van der Waals surface area contributed by atoms with Gasteiger partial charge in [-0.15, -0.1) is 11.3 Å². The van der Waals surface area contributed by atoms with Crippen LogP contribution in [-0.4, -0.2) is 21.4 Å². The molecule has 134 valence electrons. The minimum atomic E-state index is 0.958. The molecule has 1 aliphatic heterocycles. The highest BCUT2D eigenvalue weighted by molar-refractivity contribution is 7.15. The van der Waals surface area contributed by atoms with Crippen molar-refractivity contribution in [1.29, 1.82) is 0 Å². The third-order valence-electron chi connectivity index (χ3n) is 4.88. The first-order chi connectivity index (χ1) is 12.7. The predicted octanol–water partition coefficient (Wildman–Crippen LogP) is 5.02. The molecule has 3 aromatic rings. The van der Waals surface area contributed by atoms with Gasteiger partial charge in [0.2, 0.25) is 0 Å². The zero-order valence-corrected chi connectivity index (χ0v) is 16.4. The third-order valence-corrected chi connectivity index (χ3v) is 6.00. The number of benzene rings is 1. The molecule has 0 saturated carbocycles. The Hall–Kier alpha value is -2.04. The van der Waals surface area contributed by atoms with Gasteiger partial charge in [0.1, 0.15) is 5.82 Å². The summed E-state index contributed by atoms with van der Waals surface area (Å²) in [5.41, 5.74) is 5.19. The van der Waals surface area contributed by atoms with Gasteiger partial charge < -0.3 is 0 Å². The molecule has 3 heterocycles. The molecule has 0 atom stereocenters. The minimum absolute atomic E-state index is 0.958. The van der Waals surface area contributed by atoms with Gasteiger partial charge in [0.25, 0.3) is 0 Å². The highest BCUT2D eigenvalue weighted by Crippen LogP contribution is 2.30. The quantitative estimate of drug-likeness (QED) is 0.637. The van der Waals surface area contributed by atoms with Gasteiger partial charge >= 0.3 is 0 Å². The van der Waals surface area contributed by atoms with Crippen molar-refractivity contribution in [3.8, 4) is 10.4 Å². The molecule has 3 nitrogen and oxygen atoms in total. The molecule has 0 saturated heterocycles. The number of hydrogen-bond donors (Lipinski definition) is 0. The summed E-state index contributed by atoms with van der Waals surface area (Å²) < 4.78 is 0. The summed E-state index contributed by atoms with van der Waals surface area (Å²) in [6, 6.07) is 13.3. The Morgan fingerprint density at radius 1 is 1.19 bits per heavy atom. The van der Waals surface area contributed by atoms with Crippen LogP contribution in [0.15, 0.2) is 42.6 Å². The Morgan fingerprint density at radius 2 is 2.12 bits per heavy atom. The molecule has 2 aromatic heterocycles. The molecular weight excluding hydrogens is 338 g/mol. The van der Waals surface area contributed by atoms with Crippen molar-refractivity contribution in [2.24, 2.45) is 0 Å². The molecule has 0 amide bonds. The second kappa shape index (κ2) is 7.68. The summed E-state index contributed by atoms with van der Waals surface area (Å²) in [5, 5.41) is 0. The van der Waals surface area contributed by atoms with Crippen molar-refractivity contribution in [3.05, 3.63) is 70.1 Å². The summed E-state index contributed by atoms with van der Waals surface area (Å²) in [6.45, 7) is 7.37. The largest absolute Gasteiger partial charge is 0.293 e. The maximum atomic E-state index is 4.76. The van der Waals surface area contributed by atoms with Crippen LogP contribution >= 0.6 is 11.3 Å². The topological polar surface area (TPSA) is 29.0 Å². The number of fused-ring (bicyclic) bond motifs is 1. The van der Waals surface area contributed by atoms with Crippen LogP contribution in [0.3, 0.4) is 0 Å². The normalized spacial score (nSPS) is 14.4. The summed E-state index contributed by atoms with van der Waals surface area (Å²) in [4.78, 5) is 14.6. The lowest BCUT2D eigenvalue weighted by Gasteiger charge is -2.27. The smallest absolute Gasteiger partial charge is 0.128 e. The van der Waals surface area contributed by atoms with Crippen LogP contribution < -0.4 is 0 Å². The van der Waals surface area contributed by atoms with Crippen molar-refractivity contribution in [2.45, 2.75) is 46.2 Å². The molecule has 4 heteroatoms. The molecule has 4 rings (SSSR count). The average molecular weight is 364 g/mol. The van der Waals surface area contributed by atoms with E-state index in [1.807, 2.05) is 17.5 Å². The van der Waals surface area contributed by atoms with Gasteiger partial charge in [-0.1, -0.05) is 36.8 Å². The first kappa shape index (κ1) is 17.4. The van der Waals surface area contributed by atoms with Gasteiger partial charge in [0, 0.05) is 59.7 Å². The first-order valence-corrected chi connectivity index (χ1v) is 10.2.